The van der Waals surface area contributed by atoms with Crippen molar-refractivity contribution in [1.29, 1.82) is 0 Å². The molecule has 0 saturated carbocycles. The monoisotopic (exact) mass is 270 g/mol. The maximum absolute atomic E-state index is 12.5. The lowest BCUT2D eigenvalue weighted by Crippen LogP contribution is -2.47. The van der Waals surface area contributed by atoms with Crippen molar-refractivity contribution < 1.29 is 4.79 Å². The summed E-state index contributed by atoms with van der Waals surface area (Å²) in [5, 5.41) is 3.54. The molecule has 1 N–H and O–H groups in total. The summed E-state index contributed by atoms with van der Waals surface area (Å²) < 4.78 is 0. The van der Waals surface area contributed by atoms with Gasteiger partial charge >= 0.3 is 0 Å². The van der Waals surface area contributed by atoms with Gasteiger partial charge in [-0.05, 0) is 37.4 Å². The maximum atomic E-state index is 12.5. The summed E-state index contributed by atoms with van der Waals surface area (Å²) in [5.74, 6) is 3.36. The fourth-order valence-corrected chi connectivity index (χ4v) is 4.15. The third-order valence-electron chi connectivity index (χ3n) is 3.91. The topological polar surface area (TPSA) is 32.3 Å². The van der Waals surface area contributed by atoms with Gasteiger partial charge in [-0.15, -0.1) is 0 Å². The minimum absolute atomic E-state index is 0.0562. The zero-order valence-electron chi connectivity index (χ0n) is 11.8. The van der Waals surface area contributed by atoms with Crippen LogP contribution in [0, 0.1) is 5.92 Å². The smallest absolute Gasteiger partial charge is 0.241 e. The number of hydrogen-bond acceptors (Lipinski definition) is 3. The summed E-state index contributed by atoms with van der Waals surface area (Å²) in [6.45, 7) is 6.57. The lowest BCUT2D eigenvalue weighted by atomic mass is 10.1. The highest BCUT2D eigenvalue weighted by atomic mass is 32.2. The minimum atomic E-state index is 0.0562. The Morgan fingerprint density at radius 3 is 2.83 bits per heavy atom. The molecule has 1 amide bonds. The van der Waals surface area contributed by atoms with E-state index in [0.717, 1.165) is 18.6 Å². The average molecular weight is 270 g/mol. The zero-order chi connectivity index (χ0) is 13.1. The fourth-order valence-electron chi connectivity index (χ4n) is 3.02. The van der Waals surface area contributed by atoms with Crippen LogP contribution >= 0.6 is 11.8 Å². The van der Waals surface area contributed by atoms with Gasteiger partial charge < -0.3 is 4.90 Å². The van der Waals surface area contributed by atoms with Crippen LogP contribution in [0.25, 0.3) is 0 Å². The standard InChI is InChI=1S/C14H26N2OS/c1-4-12-14(17)16(11-6-5-7-18-9-11)13(15-12)8-10(2)3/h10-13,15H,4-9H2,1-3H3. The first-order valence-corrected chi connectivity index (χ1v) is 8.45. The quantitative estimate of drug-likeness (QED) is 0.852. The van der Waals surface area contributed by atoms with Crippen molar-refractivity contribution in [2.75, 3.05) is 11.5 Å². The Morgan fingerprint density at radius 1 is 1.50 bits per heavy atom. The van der Waals surface area contributed by atoms with E-state index in [1.165, 1.54) is 18.6 Å². The first-order valence-electron chi connectivity index (χ1n) is 7.29. The van der Waals surface area contributed by atoms with Gasteiger partial charge in [0.15, 0.2) is 0 Å². The van der Waals surface area contributed by atoms with Crippen molar-refractivity contribution in [3.63, 3.8) is 0 Å². The summed E-state index contributed by atoms with van der Waals surface area (Å²) in [5.41, 5.74) is 0. The summed E-state index contributed by atoms with van der Waals surface area (Å²) in [4.78, 5) is 14.7. The van der Waals surface area contributed by atoms with Crippen LogP contribution in [0.5, 0.6) is 0 Å². The number of hydrogen-bond donors (Lipinski definition) is 1. The summed E-state index contributed by atoms with van der Waals surface area (Å²) in [7, 11) is 0. The molecule has 2 fully saturated rings. The normalized spacial score (nSPS) is 33.4. The summed E-state index contributed by atoms with van der Waals surface area (Å²) in [6, 6.07) is 0.518. The Hall–Kier alpha value is -0.220. The Bertz CT molecular complexity index is 290. The highest BCUT2D eigenvalue weighted by Gasteiger charge is 2.41. The number of carbonyl (C=O) groups is 1. The van der Waals surface area contributed by atoms with Gasteiger partial charge in [0, 0.05) is 11.8 Å². The molecular formula is C14H26N2OS. The van der Waals surface area contributed by atoms with E-state index in [4.69, 9.17) is 0 Å². The first kappa shape index (κ1) is 14.2. The highest BCUT2D eigenvalue weighted by Crippen LogP contribution is 2.28. The molecule has 4 heteroatoms. The van der Waals surface area contributed by atoms with Gasteiger partial charge in [0.05, 0.1) is 12.2 Å². The maximum Gasteiger partial charge on any atom is 0.241 e. The van der Waals surface area contributed by atoms with E-state index in [1.54, 1.807) is 0 Å². The number of nitrogens with one attached hydrogen (secondary N) is 1. The van der Waals surface area contributed by atoms with Gasteiger partial charge in [-0.25, -0.2) is 0 Å². The number of nitrogens with zero attached hydrogens (tertiary/aromatic N) is 1. The van der Waals surface area contributed by atoms with E-state index in [0.29, 0.717) is 17.9 Å². The third-order valence-corrected chi connectivity index (χ3v) is 5.11. The first-order chi connectivity index (χ1) is 8.63. The molecule has 18 heavy (non-hydrogen) atoms. The molecule has 0 aromatic heterocycles. The second-order valence-corrected chi connectivity index (χ2v) is 7.04. The third kappa shape index (κ3) is 3.02. The Labute approximate surface area is 115 Å². The molecule has 3 nitrogen and oxygen atoms in total. The highest BCUT2D eigenvalue weighted by molar-refractivity contribution is 7.99. The number of amides is 1. The molecule has 2 aliphatic rings. The van der Waals surface area contributed by atoms with E-state index < -0.39 is 0 Å². The fraction of sp³-hybridized carbons (Fsp3) is 0.929. The van der Waals surface area contributed by atoms with Crippen LogP contribution in [0.4, 0.5) is 0 Å². The zero-order valence-corrected chi connectivity index (χ0v) is 12.6. The van der Waals surface area contributed by atoms with Crippen molar-refractivity contribution in [3.8, 4) is 0 Å². The van der Waals surface area contributed by atoms with Crippen molar-refractivity contribution in [1.82, 2.24) is 10.2 Å². The van der Waals surface area contributed by atoms with Crippen LogP contribution < -0.4 is 5.32 Å². The van der Waals surface area contributed by atoms with E-state index in [2.05, 4.69) is 31.0 Å². The summed E-state index contributed by atoms with van der Waals surface area (Å²) in [6.07, 6.45) is 4.69. The molecule has 0 bridgehead atoms. The van der Waals surface area contributed by atoms with Crippen LogP contribution in [-0.4, -0.2) is 40.6 Å². The van der Waals surface area contributed by atoms with Crippen molar-refractivity contribution in [3.05, 3.63) is 0 Å². The average Bonchev–Trinajstić information content (AvgIpc) is 2.66. The molecule has 2 heterocycles. The van der Waals surface area contributed by atoms with Gasteiger partial charge in [-0.2, -0.15) is 11.8 Å². The molecule has 3 atom stereocenters. The Balaban J connectivity index is 2.08. The molecule has 2 rings (SSSR count). The van der Waals surface area contributed by atoms with Gasteiger partial charge in [-0.3, -0.25) is 10.1 Å². The molecule has 3 unspecified atom stereocenters. The van der Waals surface area contributed by atoms with Crippen molar-refractivity contribution >= 4 is 17.7 Å². The Morgan fingerprint density at radius 2 is 2.28 bits per heavy atom. The van der Waals surface area contributed by atoms with Crippen molar-refractivity contribution in [2.45, 2.75) is 64.7 Å². The SMILES string of the molecule is CCC1NC(CC(C)C)N(C2CCCSC2)C1=O. The molecule has 2 saturated heterocycles. The lowest BCUT2D eigenvalue weighted by molar-refractivity contribution is -0.132. The van der Waals surface area contributed by atoms with Crippen molar-refractivity contribution in [2.24, 2.45) is 5.92 Å². The van der Waals surface area contributed by atoms with Crippen LogP contribution in [-0.2, 0) is 4.79 Å². The van der Waals surface area contributed by atoms with Crippen LogP contribution in [0.3, 0.4) is 0 Å². The van der Waals surface area contributed by atoms with Crippen LogP contribution in [0.2, 0.25) is 0 Å². The van der Waals surface area contributed by atoms with E-state index in [9.17, 15) is 4.79 Å². The summed E-state index contributed by atoms with van der Waals surface area (Å²) >= 11 is 2.00. The van der Waals surface area contributed by atoms with E-state index in [1.807, 2.05) is 11.8 Å². The molecule has 104 valence electrons. The van der Waals surface area contributed by atoms with Gasteiger partial charge in [0.1, 0.15) is 0 Å². The number of rotatable bonds is 4. The largest absolute Gasteiger partial charge is 0.322 e. The molecule has 0 aliphatic carbocycles. The molecule has 0 aromatic rings. The molecular weight excluding hydrogens is 244 g/mol. The Kier molecular flexibility index (Phi) is 4.96. The van der Waals surface area contributed by atoms with Gasteiger partial charge in [0.2, 0.25) is 5.91 Å². The number of carbonyl (C=O) groups excluding carboxylic acids is 1. The van der Waals surface area contributed by atoms with E-state index >= 15 is 0 Å². The second kappa shape index (κ2) is 6.29. The predicted molar refractivity (Wildman–Crippen MR) is 77.7 cm³/mol. The molecule has 2 aliphatic heterocycles. The minimum Gasteiger partial charge on any atom is -0.322 e. The predicted octanol–water partition coefficient (Wildman–Crippen LogP) is 2.46. The van der Waals surface area contributed by atoms with Gasteiger partial charge in [0.25, 0.3) is 0 Å². The van der Waals surface area contributed by atoms with E-state index in [-0.39, 0.29) is 12.2 Å². The molecule has 0 aromatic carbocycles. The van der Waals surface area contributed by atoms with Gasteiger partial charge in [-0.1, -0.05) is 20.8 Å². The second-order valence-electron chi connectivity index (χ2n) is 5.89. The lowest BCUT2D eigenvalue weighted by Gasteiger charge is -2.35. The van der Waals surface area contributed by atoms with Crippen LogP contribution in [0.1, 0.15) is 46.5 Å². The number of thioether (sulfide) groups is 1. The van der Waals surface area contributed by atoms with Crippen LogP contribution in [0.15, 0.2) is 0 Å². The molecule has 0 radical (unpaired) electrons. The molecule has 0 spiro atoms.